The van der Waals surface area contributed by atoms with Crippen LogP contribution in [0.1, 0.15) is 20.3 Å². The van der Waals surface area contributed by atoms with Crippen molar-refractivity contribution in [3.05, 3.63) is 36.5 Å². The van der Waals surface area contributed by atoms with Gasteiger partial charge in [-0.05, 0) is 24.5 Å². The third-order valence-electron chi connectivity index (χ3n) is 3.18. The van der Waals surface area contributed by atoms with Crippen LogP contribution in [0.4, 0.5) is 0 Å². The molecule has 2 aromatic rings. The van der Waals surface area contributed by atoms with E-state index in [4.69, 9.17) is 4.52 Å². The summed E-state index contributed by atoms with van der Waals surface area (Å²) in [5.41, 5.74) is 0.325. The standard InChI is InChI=1S/C15H18N2O5S/c1-10(2)9-12(15(18)19)17-23(20,21)14-6-4-3-5-11(14)13-7-8-16-22-13/h3-8,10,12,17H,9H2,1-2H3,(H,18,19). The van der Waals surface area contributed by atoms with Crippen LogP contribution in [0.15, 0.2) is 45.9 Å². The Labute approximate surface area is 134 Å². The number of hydrogen-bond acceptors (Lipinski definition) is 5. The second kappa shape index (κ2) is 6.93. The fraction of sp³-hybridized carbons (Fsp3) is 0.333. The molecule has 1 heterocycles. The molecule has 1 atom stereocenters. The molecule has 1 aromatic heterocycles. The van der Waals surface area contributed by atoms with E-state index in [1.807, 2.05) is 13.8 Å². The summed E-state index contributed by atoms with van der Waals surface area (Å²) in [5, 5.41) is 12.8. The Balaban J connectivity index is 2.39. The van der Waals surface area contributed by atoms with E-state index in [-0.39, 0.29) is 17.2 Å². The molecule has 1 unspecified atom stereocenters. The quantitative estimate of drug-likeness (QED) is 0.800. The highest BCUT2D eigenvalue weighted by molar-refractivity contribution is 7.89. The number of nitrogens with one attached hydrogen (secondary N) is 1. The molecule has 0 saturated carbocycles. The van der Waals surface area contributed by atoms with Crippen molar-refractivity contribution in [2.75, 3.05) is 0 Å². The number of rotatable bonds is 7. The number of sulfonamides is 1. The maximum Gasteiger partial charge on any atom is 0.321 e. The normalized spacial score (nSPS) is 13.2. The molecular formula is C15H18N2O5S. The van der Waals surface area contributed by atoms with Gasteiger partial charge in [-0.2, -0.15) is 4.72 Å². The minimum absolute atomic E-state index is 0.0308. The average molecular weight is 338 g/mol. The van der Waals surface area contributed by atoms with Gasteiger partial charge in [-0.1, -0.05) is 31.1 Å². The first kappa shape index (κ1) is 17.2. The summed E-state index contributed by atoms with van der Waals surface area (Å²) in [6.07, 6.45) is 1.60. The molecule has 7 nitrogen and oxygen atoms in total. The molecule has 0 aliphatic heterocycles. The zero-order chi connectivity index (χ0) is 17.0. The van der Waals surface area contributed by atoms with E-state index in [1.165, 1.54) is 18.3 Å². The van der Waals surface area contributed by atoms with Gasteiger partial charge < -0.3 is 9.63 Å². The molecule has 23 heavy (non-hydrogen) atoms. The second-order valence-corrected chi connectivity index (χ2v) is 7.20. The lowest BCUT2D eigenvalue weighted by atomic mass is 10.1. The van der Waals surface area contributed by atoms with Crippen molar-refractivity contribution < 1.29 is 22.8 Å². The Morgan fingerprint density at radius 2 is 2.00 bits per heavy atom. The lowest BCUT2D eigenvalue weighted by Crippen LogP contribution is -2.41. The molecule has 0 aliphatic rings. The highest BCUT2D eigenvalue weighted by atomic mass is 32.2. The van der Waals surface area contributed by atoms with Crippen molar-refractivity contribution in [3.8, 4) is 11.3 Å². The molecule has 0 spiro atoms. The Kier molecular flexibility index (Phi) is 5.17. The highest BCUT2D eigenvalue weighted by Crippen LogP contribution is 2.27. The van der Waals surface area contributed by atoms with Crippen LogP contribution >= 0.6 is 0 Å². The number of aliphatic carboxylic acids is 1. The summed E-state index contributed by atoms with van der Waals surface area (Å²) in [6, 6.07) is 6.55. The van der Waals surface area contributed by atoms with Crippen LogP contribution < -0.4 is 4.72 Å². The van der Waals surface area contributed by atoms with Gasteiger partial charge in [0.25, 0.3) is 0 Å². The molecule has 0 bridgehead atoms. The van der Waals surface area contributed by atoms with Gasteiger partial charge in [0.15, 0.2) is 5.76 Å². The summed E-state index contributed by atoms with van der Waals surface area (Å²) in [7, 11) is -4.03. The number of hydrogen-bond donors (Lipinski definition) is 2. The molecular weight excluding hydrogens is 320 g/mol. The van der Waals surface area contributed by atoms with E-state index >= 15 is 0 Å². The number of aromatic nitrogens is 1. The Morgan fingerprint density at radius 1 is 1.30 bits per heavy atom. The number of carboxylic acids is 1. The van der Waals surface area contributed by atoms with Crippen molar-refractivity contribution in [2.45, 2.75) is 31.2 Å². The zero-order valence-corrected chi connectivity index (χ0v) is 13.6. The van der Waals surface area contributed by atoms with Crippen molar-refractivity contribution in [1.82, 2.24) is 9.88 Å². The van der Waals surface area contributed by atoms with Crippen LogP contribution in [0, 0.1) is 5.92 Å². The Morgan fingerprint density at radius 3 is 2.57 bits per heavy atom. The average Bonchev–Trinajstić information content (AvgIpc) is 3.00. The van der Waals surface area contributed by atoms with Crippen LogP contribution in [-0.2, 0) is 14.8 Å². The molecule has 0 aliphatic carbocycles. The van der Waals surface area contributed by atoms with Gasteiger partial charge in [-0.3, -0.25) is 4.79 Å². The maximum absolute atomic E-state index is 12.6. The maximum atomic E-state index is 12.6. The zero-order valence-electron chi connectivity index (χ0n) is 12.8. The molecule has 0 amide bonds. The summed E-state index contributed by atoms with van der Waals surface area (Å²) in [4.78, 5) is 11.3. The van der Waals surface area contributed by atoms with Crippen LogP contribution in [0.2, 0.25) is 0 Å². The first-order valence-corrected chi connectivity index (χ1v) is 8.55. The van der Waals surface area contributed by atoms with Crippen molar-refractivity contribution >= 4 is 16.0 Å². The SMILES string of the molecule is CC(C)CC(NS(=O)(=O)c1ccccc1-c1ccno1)C(=O)O. The summed E-state index contributed by atoms with van der Waals surface area (Å²) >= 11 is 0. The van der Waals surface area contributed by atoms with Gasteiger partial charge in [-0.25, -0.2) is 8.42 Å². The topological polar surface area (TPSA) is 110 Å². The number of carboxylic acid groups (broad SMARTS) is 1. The predicted octanol–water partition coefficient (Wildman–Crippen LogP) is 2.12. The van der Waals surface area contributed by atoms with Gasteiger partial charge in [0.1, 0.15) is 6.04 Å². The van der Waals surface area contributed by atoms with E-state index in [0.29, 0.717) is 11.3 Å². The first-order valence-electron chi connectivity index (χ1n) is 7.06. The number of benzene rings is 1. The summed E-state index contributed by atoms with van der Waals surface area (Å²) in [5.74, 6) is -0.885. The van der Waals surface area contributed by atoms with Gasteiger partial charge >= 0.3 is 5.97 Å². The van der Waals surface area contributed by atoms with Crippen molar-refractivity contribution in [1.29, 1.82) is 0 Å². The van der Waals surface area contributed by atoms with Crippen LogP contribution in [0.25, 0.3) is 11.3 Å². The molecule has 2 N–H and O–H groups in total. The van der Waals surface area contributed by atoms with Gasteiger partial charge in [-0.15, -0.1) is 0 Å². The van der Waals surface area contributed by atoms with Gasteiger partial charge in [0.2, 0.25) is 10.0 Å². The molecule has 2 rings (SSSR count). The Hall–Kier alpha value is -2.19. The third kappa shape index (κ3) is 4.17. The Bertz CT molecular complexity index is 769. The fourth-order valence-corrected chi connectivity index (χ4v) is 3.60. The minimum Gasteiger partial charge on any atom is -0.480 e. The monoisotopic (exact) mass is 338 g/mol. The molecule has 8 heteroatoms. The largest absolute Gasteiger partial charge is 0.480 e. The van der Waals surface area contributed by atoms with Gasteiger partial charge in [0.05, 0.1) is 11.1 Å². The molecule has 0 fully saturated rings. The van der Waals surface area contributed by atoms with Crippen molar-refractivity contribution in [2.24, 2.45) is 5.92 Å². The van der Waals surface area contributed by atoms with Crippen LogP contribution in [0.3, 0.4) is 0 Å². The first-order chi connectivity index (χ1) is 10.8. The predicted molar refractivity (Wildman–Crippen MR) is 83.1 cm³/mol. The van der Waals surface area contributed by atoms with E-state index in [1.54, 1.807) is 18.2 Å². The summed E-state index contributed by atoms with van der Waals surface area (Å²) < 4.78 is 32.5. The molecule has 124 valence electrons. The smallest absolute Gasteiger partial charge is 0.321 e. The lowest BCUT2D eigenvalue weighted by molar-refractivity contribution is -0.139. The van der Waals surface area contributed by atoms with E-state index < -0.39 is 22.0 Å². The number of nitrogens with zero attached hydrogens (tertiary/aromatic N) is 1. The van der Waals surface area contributed by atoms with Crippen LogP contribution in [0.5, 0.6) is 0 Å². The number of carbonyl (C=O) groups is 1. The lowest BCUT2D eigenvalue weighted by Gasteiger charge is -2.17. The molecule has 1 aromatic carbocycles. The van der Waals surface area contributed by atoms with E-state index in [0.717, 1.165) is 0 Å². The second-order valence-electron chi connectivity index (χ2n) is 5.51. The van der Waals surface area contributed by atoms with E-state index in [2.05, 4.69) is 9.88 Å². The van der Waals surface area contributed by atoms with Crippen LogP contribution in [-0.4, -0.2) is 30.7 Å². The fourth-order valence-electron chi connectivity index (χ4n) is 2.18. The third-order valence-corrected chi connectivity index (χ3v) is 4.71. The van der Waals surface area contributed by atoms with E-state index in [9.17, 15) is 18.3 Å². The highest BCUT2D eigenvalue weighted by Gasteiger charge is 2.28. The summed E-state index contributed by atoms with van der Waals surface area (Å²) in [6.45, 7) is 3.65. The van der Waals surface area contributed by atoms with Gasteiger partial charge in [0, 0.05) is 11.6 Å². The minimum atomic E-state index is -4.03. The molecule has 0 saturated heterocycles. The molecule has 0 radical (unpaired) electrons. The van der Waals surface area contributed by atoms with Crippen molar-refractivity contribution in [3.63, 3.8) is 0 Å².